The van der Waals surface area contributed by atoms with E-state index in [1.54, 1.807) is 11.0 Å². The summed E-state index contributed by atoms with van der Waals surface area (Å²) in [7, 11) is 0. The molecule has 0 aromatic heterocycles. The minimum absolute atomic E-state index is 0.0694. The molecule has 0 radical (unpaired) electrons. The van der Waals surface area contributed by atoms with Gasteiger partial charge in [0.15, 0.2) is 6.10 Å². The summed E-state index contributed by atoms with van der Waals surface area (Å²) in [5.41, 5.74) is 0.977. The van der Waals surface area contributed by atoms with Gasteiger partial charge >= 0.3 is 5.97 Å². The first-order valence-electron chi connectivity index (χ1n) is 10.9. The molecule has 3 aliphatic heterocycles. The number of benzene rings is 2. The summed E-state index contributed by atoms with van der Waals surface area (Å²) in [6, 6.07) is 13.1. The molecule has 32 heavy (non-hydrogen) atoms. The van der Waals surface area contributed by atoms with Crippen molar-refractivity contribution < 1.29 is 23.9 Å². The highest BCUT2D eigenvalue weighted by Gasteiger charge is 2.53. The lowest BCUT2D eigenvalue weighted by atomic mass is 10.0. The van der Waals surface area contributed by atoms with Crippen molar-refractivity contribution in [2.45, 2.75) is 38.1 Å². The quantitative estimate of drug-likeness (QED) is 0.431. The fourth-order valence-electron chi connectivity index (χ4n) is 4.52. The van der Waals surface area contributed by atoms with Crippen LogP contribution in [0.4, 0.5) is 0 Å². The zero-order valence-electron chi connectivity index (χ0n) is 17.8. The number of hydrogen-bond donors (Lipinski definition) is 2. The Morgan fingerprint density at radius 2 is 1.84 bits per heavy atom. The van der Waals surface area contributed by atoms with Gasteiger partial charge in [0, 0.05) is 32.1 Å². The molecule has 8 heteroatoms. The third-order valence-electron chi connectivity index (χ3n) is 6.14. The van der Waals surface area contributed by atoms with E-state index in [0.717, 1.165) is 23.6 Å². The van der Waals surface area contributed by atoms with E-state index in [1.165, 1.54) is 6.92 Å². The van der Waals surface area contributed by atoms with E-state index in [-0.39, 0.29) is 29.7 Å². The second-order valence-electron chi connectivity index (χ2n) is 8.32. The van der Waals surface area contributed by atoms with E-state index >= 15 is 0 Å². The van der Waals surface area contributed by atoms with Gasteiger partial charge in [0.25, 0.3) is 11.8 Å². The van der Waals surface area contributed by atoms with Crippen molar-refractivity contribution in [3.05, 3.63) is 59.4 Å². The number of fused-ring (bicyclic) bond motifs is 2. The molecule has 3 atom stereocenters. The molecule has 5 rings (SSSR count). The molecule has 3 saturated heterocycles. The molecule has 166 valence electrons. The van der Waals surface area contributed by atoms with Crippen LogP contribution in [0.25, 0.3) is 10.8 Å². The van der Waals surface area contributed by atoms with E-state index in [9.17, 15) is 14.4 Å². The molecule has 3 aliphatic rings. The fourth-order valence-corrected chi connectivity index (χ4v) is 4.52. The van der Waals surface area contributed by atoms with Gasteiger partial charge in [-0.15, -0.1) is 0 Å². The number of nitrogens with one attached hydrogen (secondary N) is 2. The second kappa shape index (κ2) is 8.27. The van der Waals surface area contributed by atoms with E-state index in [2.05, 4.69) is 10.6 Å². The number of ether oxygens (including phenoxy) is 2. The fraction of sp³-hybridized carbons (Fsp3) is 0.375. The van der Waals surface area contributed by atoms with Crippen molar-refractivity contribution in [1.29, 1.82) is 0 Å². The highest BCUT2D eigenvalue weighted by Crippen LogP contribution is 2.35. The predicted octanol–water partition coefficient (Wildman–Crippen LogP) is 1.71. The third-order valence-corrected chi connectivity index (χ3v) is 6.14. The summed E-state index contributed by atoms with van der Waals surface area (Å²) in [5, 5.41) is 7.76. The highest BCUT2D eigenvalue weighted by atomic mass is 16.6. The highest BCUT2D eigenvalue weighted by molar-refractivity contribution is 6.10. The smallest absolute Gasteiger partial charge is 0.303 e. The molecule has 8 nitrogen and oxygen atoms in total. The molecule has 2 N–H and O–H groups in total. The number of nitrogens with zero attached hydrogens (tertiary/aromatic N) is 1. The van der Waals surface area contributed by atoms with Gasteiger partial charge in [0.2, 0.25) is 0 Å². The van der Waals surface area contributed by atoms with E-state index in [1.807, 2.05) is 36.4 Å². The Kier molecular flexibility index (Phi) is 5.30. The molecule has 2 aromatic rings. The number of rotatable bonds is 4. The molecule has 2 aromatic carbocycles. The maximum Gasteiger partial charge on any atom is 0.303 e. The van der Waals surface area contributed by atoms with Crippen LogP contribution >= 0.6 is 0 Å². The number of carbonyl (C=O) groups excluding carboxylic acids is 3. The van der Waals surface area contributed by atoms with Gasteiger partial charge < -0.3 is 25.0 Å². The van der Waals surface area contributed by atoms with Crippen LogP contribution in [0.5, 0.6) is 0 Å². The van der Waals surface area contributed by atoms with Crippen molar-refractivity contribution in [2.75, 3.05) is 19.6 Å². The van der Waals surface area contributed by atoms with Crippen molar-refractivity contribution in [3.8, 4) is 0 Å². The van der Waals surface area contributed by atoms with Crippen LogP contribution in [0.2, 0.25) is 0 Å². The number of esters is 1. The summed E-state index contributed by atoms with van der Waals surface area (Å²) < 4.78 is 11.1. The normalized spacial score (nSPS) is 25.5. The third kappa shape index (κ3) is 3.82. The van der Waals surface area contributed by atoms with E-state index in [4.69, 9.17) is 9.47 Å². The average Bonchev–Trinajstić information content (AvgIpc) is 3.39. The molecule has 0 bridgehead atoms. The zero-order valence-corrected chi connectivity index (χ0v) is 17.8. The molecule has 0 aliphatic carbocycles. The average molecular weight is 435 g/mol. The van der Waals surface area contributed by atoms with Crippen molar-refractivity contribution in [2.24, 2.45) is 0 Å². The first-order chi connectivity index (χ1) is 15.5. The van der Waals surface area contributed by atoms with Gasteiger partial charge in [-0.05, 0) is 29.7 Å². The predicted molar refractivity (Wildman–Crippen MR) is 116 cm³/mol. The Hall–Kier alpha value is -3.39. The lowest BCUT2D eigenvalue weighted by Crippen LogP contribution is -2.47. The Balaban J connectivity index is 1.54. The lowest BCUT2D eigenvalue weighted by molar-refractivity contribution is -0.146. The van der Waals surface area contributed by atoms with Gasteiger partial charge in [-0.3, -0.25) is 14.4 Å². The minimum Gasteiger partial charge on any atom is -0.453 e. The van der Waals surface area contributed by atoms with Crippen LogP contribution < -0.4 is 10.6 Å². The van der Waals surface area contributed by atoms with Crippen LogP contribution in [0.3, 0.4) is 0 Å². The van der Waals surface area contributed by atoms with Crippen molar-refractivity contribution in [1.82, 2.24) is 15.5 Å². The van der Waals surface area contributed by atoms with E-state index < -0.39 is 12.1 Å². The summed E-state index contributed by atoms with van der Waals surface area (Å²) in [4.78, 5) is 40.3. The number of epoxide rings is 1. The SMILES string of the molecule is CC(=O)O[C@@H]1/C(=C(\NC(=O)c2cccc3ccccc23)C(=O)N2CCCC2)NC[C@H]2O[C@@H]12. The van der Waals surface area contributed by atoms with Gasteiger partial charge in [-0.1, -0.05) is 36.4 Å². The summed E-state index contributed by atoms with van der Waals surface area (Å²) in [6.07, 6.45) is 0.687. The van der Waals surface area contributed by atoms with E-state index in [0.29, 0.717) is 30.9 Å². The number of carbonyl (C=O) groups is 3. The van der Waals surface area contributed by atoms with Crippen LogP contribution in [-0.4, -0.2) is 60.6 Å². The summed E-state index contributed by atoms with van der Waals surface area (Å²) in [6.45, 7) is 3.06. The van der Waals surface area contributed by atoms with Crippen molar-refractivity contribution in [3.63, 3.8) is 0 Å². The van der Waals surface area contributed by atoms with Crippen molar-refractivity contribution >= 4 is 28.6 Å². The number of hydrogen-bond acceptors (Lipinski definition) is 6. The molecular formula is C24H25N3O5. The zero-order chi connectivity index (χ0) is 22.2. The topological polar surface area (TPSA) is 100 Å². The molecule has 0 saturated carbocycles. The van der Waals surface area contributed by atoms with Crippen LogP contribution in [0, 0.1) is 0 Å². The Labute approximate surface area is 185 Å². The number of amides is 2. The van der Waals surface area contributed by atoms with Crippen LogP contribution in [-0.2, 0) is 19.1 Å². The largest absolute Gasteiger partial charge is 0.453 e. The summed E-state index contributed by atoms with van der Waals surface area (Å²) in [5.74, 6) is -1.15. The monoisotopic (exact) mass is 435 g/mol. The second-order valence-corrected chi connectivity index (χ2v) is 8.32. The Morgan fingerprint density at radius 3 is 2.62 bits per heavy atom. The number of piperidine rings is 1. The summed E-state index contributed by atoms with van der Waals surface area (Å²) >= 11 is 0. The van der Waals surface area contributed by atoms with Gasteiger partial charge in [0.1, 0.15) is 17.9 Å². The van der Waals surface area contributed by atoms with Gasteiger partial charge in [-0.2, -0.15) is 0 Å². The molecule has 0 spiro atoms. The van der Waals surface area contributed by atoms with Crippen LogP contribution in [0.1, 0.15) is 30.1 Å². The molecular weight excluding hydrogens is 410 g/mol. The van der Waals surface area contributed by atoms with Crippen LogP contribution in [0.15, 0.2) is 53.9 Å². The standard InChI is InChI=1S/C24H25N3O5/c1-14(28)31-22-19(25-13-18-21(22)32-18)20(24(30)27-11-4-5-12-27)26-23(29)17-10-6-8-15-7-2-3-9-16(15)17/h2-3,6-10,18,21-22,25H,4-5,11-13H2,1H3,(H,26,29)/b20-19+/t18-,21-,22-/m1/s1. The maximum atomic E-state index is 13.5. The van der Waals surface area contributed by atoms with Gasteiger partial charge in [0.05, 0.1) is 5.70 Å². The lowest BCUT2D eigenvalue weighted by Gasteiger charge is -2.28. The number of likely N-dealkylation sites (tertiary alicyclic amines) is 1. The minimum atomic E-state index is -0.763. The molecule has 2 amide bonds. The maximum absolute atomic E-state index is 13.5. The molecule has 3 fully saturated rings. The first kappa shape index (κ1) is 20.5. The Morgan fingerprint density at radius 1 is 1.09 bits per heavy atom. The Bertz CT molecular complexity index is 1120. The first-order valence-corrected chi connectivity index (χ1v) is 10.9. The molecule has 3 heterocycles. The molecule has 0 unspecified atom stereocenters. The van der Waals surface area contributed by atoms with Gasteiger partial charge in [-0.25, -0.2) is 0 Å².